The van der Waals surface area contributed by atoms with E-state index in [9.17, 15) is 9.50 Å². The third-order valence-corrected chi connectivity index (χ3v) is 3.72. The summed E-state index contributed by atoms with van der Waals surface area (Å²) in [6, 6.07) is 2.91. The maximum Gasteiger partial charge on any atom is 0.129 e. The molecule has 2 nitrogen and oxygen atoms in total. The SMILES string of the molecule is OCc1cc(F)cc2c1OC1(CCCC1)C2. The Morgan fingerprint density at radius 3 is 2.75 bits per heavy atom. The number of halogens is 1. The summed E-state index contributed by atoms with van der Waals surface area (Å²) in [6.07, 6.45) is 5.27. The first kappa shape index (κ1) is 10.1. The second kappa shape index (κ2) is 3.45. The molecule has 0 unspecified atom stereocenters. The molecular formula is C13H15FO2. The Bertz CT molecular complexity index is 422. The molecule has 0 aromatic heterocycles. The quantitative estimate of drug-likeness (QED) is 0.791. The molecular weight excluding hydrogens is 207 g/mol. The summed E-state index contributed by atoms with van der Waals surface area (Å²) in [6.45, 7) is -0.157. The van der Waals surface area contributed by atoms with Crippen molar-refractivity contribution in [2.45, 2.75) is 44.3 Å². The normalized spacial score (nSPS) is 21.1. The number of fused-ring (bicyclic) bond motifs is 1. The van der Waals surface area contributed by atoms with Crippen molar-refractivity contribution >= 4 is 0 Å². The van der Waals surface area contributed by atoms with Gasteiger partial charge in [0, 0.05) is 17.5 Å². The average Bonchev–Trinajstić information content (AvgIpc) is 2.84. The van der Waals surface area contributed by atoms with Gasteiger partial charge in [0.25, 0.3) is 0 Å². The van der Waals surface area contributed by atoms with E-state index >= 15 is 0 Å². The van der Waals surface area contributed by atoms with Crippen LogP contribution in [0, 0.1) is 5.82 Å². The summed E-state index contributed by atoms with van der Waals surface area (Å²) in [5, 5.41) is 9.21. The van der Waals surface area contributed by atoms with Gasteiger partial charge in [-0.05, 0) is 37.8 Å². The third-order valence-electron chi connectivity index (χ3n) is 3.72. The molecule has 1 N–H and O–H groups in total. The van der Waals surface area contributed by atoms with Crippen molar-refractivity contribution in [2.24, 2.45) is 0 Å². The summed E-state index contributed by atoms with van der Waals surface area (Å²) in [5.41, 5.74) is 1.41. The summed E-state index contributed by atoms with van der Waals surface area (Å²) < 4.78 is 19.3. The van der Waals surface area contributed by atoms with Crippen LogP contribution < -0.4 is 4.74 Å². The van der Waals surface area contributed by atoms with Gasteiger partial charge in [-0.15, -0.1) is 0 Å². The lowest BCUT2D eigenvalue weighted by molar-refractivity contribution is 0.100. The molecule has 16 heavy (non-hydrogen) atoms. The van der Waals surface area contributed by atoms with E-state index in [4.69, 9.17) is 4.74 Å². The number of ether oxygens (including phenoxy) is 1. The number of benzene rings is 1. The molecule has 2 aliphatic rings. The van der Waals surface area contributed by atoms with Crippen LogP contribution in [0.2, 0.25) is 0 Å². The summed E-state index contributed by atoms with van der Waals surface area (Å²) in [7, 11) is 0. The van der Waals surface area contributed by atoms with Crippen LogP contribution in [0.1, 0.15) is 36.8 Å². The van der Waals surface area contributed by atoms with Gasteiger partial charge in [-0.25, -0.2) is 4.39 Å². The lowest BCUT2D eigenvalue weighted by Gasteiger charge is -2.22. The topological polar surface area (TPSA) is 29.5 Å². The zero-order valence-electron chi connectivity index (χ0n) is 9.13. The molecule has 0 atom stereocenters. The molecule has 1 saturated carbocycles. The maximum absolute atomic E-state index is 13.3. The van der Waals surface area contributed by atoms with Crippen LogP contribution in [0.4, 0.5) is 4.39 Å². The number of aliphatic hydroxyl groups excluding tert-OH is 1. The fourth-order valence-corrected chi connectivity index (χ4v) is 2.99. The first-order valence-corrected chi connectivity index (χ1v) is 5.84. The van der Waals surface area contributed by atoms with Crippen LogP contribution in [0.3, 0.4) is 0 Å². The van der Waals surface area contributed by atoms with Crippen molar-refractivity contribution < 1.29 is 14.2 Å². The fraction of sp³-hybridized carbons (Fsp3) is 0.538. The predicted molar refractivity (Wildman–Crippen MR) is 57.9 cm³/mol. The van der Waals surface area contributed by atoms with Crippen molar-refractivity contribution in [1.82, 2.24) is 0 Å². The minimum atomic E-state index is -0.276. The van der Waals surface area contributed by atoms with Crippen LogP contribution in [0.15, 0.2) is 12.1 Å². The molecule has 0 radical (unpaired) electrons. The molecule has 3 rings (SSSR count). The van der Waals surface area contributed by atoms with Crippen LogP contribution in [-0.4, -0.2) is 10.7 Å². The van der Waals surface area contributed by atoms with Gasteiger partial charge in [-0.3, -0.25) is 0 Å². The molecule has 86 valence electrons. The van der Waals surface area contributed by atoms with E-state index in [1.165, 1.54) is 18.9 Å². The Balaban J connectivity index is 2.02. The van der Waals surface area contributed by atoms with Gasteiger partial charge < -0.3 is 9.84 Å². The fourth-order valence-electron chi connectivity index (χ4n) is 2.99. The Morgan fingerprint density at radius 2 is 2.06 bits per heavy atom. The lowest BCUT2D eigenvalue weighted by atomic mass is 9.95. The molecule has 1 aromatic carbocycles. The van der Waals surface area contributed by atoms with E-state index in [0.29, 0.717) is 5.56 Å². The van der Waals surface area contributed by atoms with E-state index in [2.05, 4.69) is 0 Å². The number of hydrogen-bond donors (Lipinski definition) is 1. The van der Waals surface area contributed by atoms with Gasteiger partial charge in [-0.2, -0.15) is 0 Å². The smallest absolute Gasteiger partial charge is 0.129 e. The van der Waals surface area contributed by atoms with Crippen molar-refractivity contribution in [3.63, 3.8) is 0 Å². The minimum Gasteiger partial charge on any atom is -0.486 e. The van der Waals surface area contributed by atoms with Crippen LogP contribution >= 0.6 is 0 Å². The summed E-state index contributed by atoms with van der Waals surface area (Å²) >= 11 is 0. The van der Waals surface area contributed by atoms with Gasteiger partial charge in [0.2, 0.25) is 0 Å². The zero-order valence-corrected chi connectivity index (χ0v) is 9.13. The molecule has 1 heterocycles. The molecule has 1 aliphatic carbocycles. The average molecular weight is 222 g/mol. The maximum atomic E-state index is 13.3. The molecule has 0 bridgehead atoms. The molecule has 0 saturated heterocycles. The molecule has 1 aromatic rings. The standard InChI is InChI=1S/C13H15FO2/c14-11-5-9-7-13(3-1-2-4-13)16-12(9)10(6-11)8-15/h5-6,15H,1-4,7-8H2. The van der Waals surface area contributed by atoms with Gasteiger partial charge in [0.1, 0.15) is 17.2 Å². The van der Waals surface area contributed by atoms with Gasteiger partial charge in [0.05, 0.1) is 6.61 Å². The van der Waals surface area contributed by atoms with E-state index in [0.717, 1.165) is 30.6 Å². The Labute approximate surface area is 94.0 Å². The highest BCUT2D eigenvalue weighted by molar-refractivity contribution is 5.46. The summed E-state index contributed by atoms with van der Waals surface area (Å²) in [4.78, 5) is 0. The monoisotopic (exact) mass is 222 g/mol. The first-order chi connectivity index (χ1) is 7.72. The van der Waals surface area contributed by atoms with Crippen LogP contribution in [-0.2, 0) is 13.0 Å². The van der Waals surface area contributed by atoms with Gasteiger partial charge in [-0.1, -0.05) is 0 Å². The molecule has 1 fully saturated rings. The predicted octanol–water partition coefficient (Wildman–Crippen LogP) is 2.57. The summed E-state index contributed by atoms with van der Waals surface area (Å²) in [5.74, 6) is 0.451. The van der Waals surface area contributed by atoms with E-state index in [1.807, 2.05) is 0 Å². The lowest BCUT2D eigenvalue weighted by Crippen LogP contribution is -2.30. The highest BCUT2D eigenvalue weighted by Crippen LogP contribution is 2.46. The van der Waals surface area contributed by atoms with Gasteiger partial charge >= 0.3 is 0 Å². The second-order valence-electron chi connectivity index (χ2n) is 4.88. The van der Waals surface area contributed by atoms with E-state index in [-0.39, 0.29) is 18.0 Å². The van der Waals surface area contributed by atoms with Crippen molar-refractivity contribution in [2.75, 3.05) is 0 Å². The molecule has 3 heteroatoms. The van der Waals surface area contributed by atoms with Gasteiger partial charge in [0.15, 0.2) is 0 Å². The molecule has 1 spiro atoms. The highest BCUT2D eigenvalue weighted by Gasteiger charge is 2.42. The van der Waals surface area contributed by atoms with Crippen molar-refractivity contribution in [3.05, 3.63) is 29.1 Å². The van der Waals surface area contributed by atoms with Crippen molar-refractivity contribution in [3.8, 4) is 5.75 Å². The van der Waals surface area contributed by atoms with Crippen LogP contribution in [0.25, 0.3) is 0 Å². The Morgan fingerprint density at radius 1 is 1.31 bits per heavy atom. The number of hydrogen-bond acceptors (Lipinski definition) is 2. The van der Waals surface area contributed by atoms with Crippen LogP contribution in [0.5, 0.6) is 5.75 Å². The molecule has 1 aliphatic heterocycles. The van der Waals surface area contributed by atoms with E-state index < -0.39 is 0 Å². The third kappa shape index (κ3) is 1.42. The number of rotatable bonds is 1. The number of aliphatic hydroxyl groups is 1. The Kier molecular flexibility index (Phi) is 2.18. The Hall–Kier alpha value is -1.09. The largest absolute Gasteiger partial charge is 0.486 e. The van der Waals surface area contributed by atoms with E-state index in [1.54, 1.807) is 6.07 Å². The zero-order chi connectivity index (χ0) is 11.2. The first-order valence-electron chi connectivity index (χ1n) is 5.84. The second-order valence-corrected chi connectivity index (χ2v) is 4.88. The minimum absolute atomic E-state index is 0.0972. The highest BCUT2D eigenvalue weighted by atomic mass is 19.1. The molecule has 0 amide bonds. The van der Waals surface area contributed by atoms with Crippen molar-refractivity contribution in [1.29, 1.82) is 0 Å².